The molecule has 5 nitrogen and oxygen atoms in total. The monoisotopic (exact) mass is 461 g/mol. The van der Waals surface area contributed by atoms with Crippen LogP contribution in [0.3, 0.4) is 0 Å². The summed E-state index contributed by atoms with van der Waals surface area (Å²) in [7, 11) is 0. The van der Waals surface area contributed by atoms with Gasteiger partial charge >= 0.3 is 5.97 Å². The highest BCUT2D eigenvalue weighted by atomic mass is 32.2. The molecule has 33 heavy (non-hydrogen) atoms. The summed E-state index contributed by atoms with van der Waals surface area (Å²) in [6.07, 6.45) is 0.944. The molecule has 0 aliphatic carbocycles. The zero-order valence-electron chi connectivity index (χ0n) is 18.6. The minimum Gasteiger partial charge on any atom is -0.482 e. The van der Waals surface area contributed by atoms with E-state index in [9.17, 15) is 9.59 Å². The SMILES string of the molecule is CC(SCCN1C(=O)CCc2c(OCC(=O)O)cccc21)(c1ccccc1)c1ccccc1. The molecule has 3 aromatic carbocycles. The van der Waals surface area contributed by atoms with Crippen LogP contribution in [0.1, 0.15) is 30.0 Å². The van der Waals surface area contributed by atoms with Crippen molar-refractivity contribution in [1.29, 1.82) is 0 Å². The number of aliphatic carboxylic acids is 1. The fraction of sp³-hybridized carbons (Fsp3) is 0.259. The second kappa shape index (κ2) is 10.1. The summed E-state index contributed by atoms with van der Waals surface area (Å²) in [6.45, 7) is 2.40. The molecular formula is C27H27NO4S. The Bertz CT molecular complexity index is 1080. The predicted molar refractivity (Wildman–Crippen MR) is 132 cm³/mol. The topological polar surface area (TPSA) is 66.8 Å². The van der Waals surface area contributed by atoms with Gasteiger partial charge in [-0.1, -0.05) is 66.7 Å². The van der Waals surface area contributed by atoms with Crippen LogP contribution in [0.15, 0.2) is 78.9 Å². The van der Waals surface area contributed by atoms with E-state index >= 15 is 0 Å². The van der Waals surface area contributed by atoms with Crippen LogP contribution in [-0.2, 0) is 20.8 Å². The van der Waals surface area contributed by atoms with Crippen LogP contribution in [0.25, 0.3) is 0 Å². The maximum atomic E-state index is 12.8. The van der Waals surface area contributed by atoms with Crippen molar-refractivity contribution < 1.29 is 19.4 Å². The van der Waals surface area contributed by atoms with Crippen molar-refractivity contribution in [3.05, 3.63) is 95.6 Å². The molecule has 0 aromatic heterocycles. The Morgan fingerprint density at radius 1 is 0.970 bits per heavy atom. The normalized spacial score (nSPS) is 13.5. The third kappa shape index (κ3) is 5.06. The van der Waals surface area contributed by atoms with Gasteiger partial charge in [0, 0.05) is 24.3 Å². The average molecular weight is 462 g/mol. The van der Waals surface area contributed by atoms with Crippen LogP contribution in [-0.4, -0.2) is 35.9 Å². The van der Waals surface area contributed by atoms with Crippen molar-refractivity contribution in [2.24, 2.45) is 0 Å². The zero-order valence-corrected chi connectivity index (χ0v) is 19.4. The molecule has 1 N–H and O–H groups in total. The Morgan fingerprint density at radius 3 is 2.21 bits per heavy atom. The lowest BCUT2D eigenvalue weighted by Gasteiger charge is -2.34. The third-order valence-electron chi connectivity index (χ3n) is 6.00. The number of hydrogen-bond donors (Lipinski definition) is 1. The molecule has 1 aliphatic rings. The third-order valence-corrected chi connectivity index (χ3v) is 7.43. The van der Waals surface area contributed by atoms with Crippen molar-refractivity contribution >= 4 is 29.3 Å². The van der Waals surface area contributed by atoms with Gasteiger partial charge in [0.1, 0.15) is 5.75 Å². The number of carboxylic acids is 1. The van der Waals surface area contributed by atoms with Crippen molar-refractivity contribution in [3.8, 4) is 5.75 Å². The molecule has 0 atom stereocenters. The highest BCUT2D eigenvalue weighted by Gasteiger charge is 2.31. The van der Waals surface area contributed by atoms with Gasteiger partial charge in [0.25, 0.3) is 0 Å². The van der Waals surface area contributed by atoms with Crippen molar-refractivity contribution in [2.75, 3.05) is 23.8 Å². The minimum absolute atomic E-state index is 0.0830. The smallest absolute Gasteiger partial charge is 0.341 e. The van der Waals surface area contributed by atoms with Gasteiger partial charge in [-0.25, -0.2) is 4.79 Å². The number of carboxylic acid groups (broad SMARTS) is 1. The molecule has 0 radical (unpaired) electrons. The van der Waals surface area contributed by atoms with E-state index in [2.05, 4.69) is 55.5 Å². The van der Waals surface area contributed by atoms with Crippen molar-refractivity contribution in [1.82, 2.24) is 0 Å². The summed E-state index contributed by atoms with van der Waals surface area (Å²) in [6, 6.07) is 26.3. The Labute approximate surface area is 198 Å². The Hall–Kier alpha value is -3.25. The fourth-order valence-electron chi connectivity index (χ4n) is 4.27. The van der Waals surface area contributed by atoms with E-state index < -0.39 is 12.6 Å². The molecule has 6 heteroatoms. The number of thioether (sulfide) groups is 1. The van der Waals surface area contributed by atoms with Gasteiger partial charge in [0.05, 0.1) is 10.4 Å². The van der Waals surface area contributed by atoms with Crippen LogP contribution in [0.4, 0.5) is 5.69 Å². The Kier molecular flexibility index (Phi) is 7.04. The highest BCUT2D eigenvalue weighted by Crippen LogP contribution is 2.43. The zero-order chi connectivity index (χ0) is 23.3. The van der Waals surface area contributed by atoms with Gasteiger partial charge in [-0.15, -0.1) is 11.8 Å². The van der Waals surface area contributed by atoms with Crippen LogP contribution in [0.2, 0.25) is 0 Å². The van der Waals surface area contributed by atoms with Gasteiger partial charge in [0.15, 0.2) is 6.61 Å². The predicted octanol–water partition coefficient (Wildman–Crippen LogP) is 5.13. The first kappa shape index (κ1) is 22.9. The number of carbonyl (C=O) groups is 2. The van der Waals surface area contributed by atoms with Gasteiger partial charge in [-0.2, -0.15) is 0 Å². The van der Waals surface area contributed by atoms with Crippen LogP contribution in [0.5, 0.6) is 5.75 Å². The molecule has 0 spiro atoms. The summed E-state index contributed by atoms with van der Waals surface area (Å²) in [5, 5.41) is 8.96. The summed E-state index contributed by atoms with van der Waals surface area (Å²) in [5.74, 6) is 0.345. The van der Waals surface area contributed by atoms with Crippen LogP contribution < -0.4 is 9.64 Å². The largest absolute Gasteiger partial charge is 0.482 e. The van der Waals surface area contributed by atoms with E-state index in [1.807, 2.05) is 40.9 Å². The van der Waals surface area contributed by atoms with E-state index in [1.54, 1.807) is 6.07 Å². The molecule has 1 aliphatic heterocycles. The number of hydrogen-bond acceptors (Lipinski definition) is 4. The second-order valence-electron chi connectivity index (χ2n) is 8.10. The molecule has 0 saturated carbocycles. The van der Waals surface area contributed by atoms with E-state index in [1.165, 1.54) is 11.1 Å². The van der Waals surface area contributed by atoms with Gasteiger partial charge in [-0.05, 0) is 36.6 Å². The summed E-state index contributed by atoms with van der Waals surface area (Å²) in [5.41, 5.74) is 4.15. The van der Waals surface area contributed by atoms with Crippen LogP contribution >= 0.6 is 11.8 Å². The second-order valence-corrected chi connectivity index (χ2v) is 9.61. The Morgan fingerprint density at radius 2 is 1.61 bits per heavy atom. The standard InChI is InChI=1S/C27H27NO4S/c1-27(20-9-4-2-5-10-20,21-11-6-3-7-12-21)33-18-17-28-23-13-8-14-24(32-19-26(30)31)22(23)15-16-25(28)29/h2-14H,15-19H2,1H3,(H,30,31). The molecule has 4 rings (SSSR count). The van der Waals surface area contributed by atoms with Gasteiger partial charge in [-0.3, -0.25) is 4.79 Å². The lowest BCUT2D eigenvalue weighted by molar-refractivity contribution is -0.139. The quantitative estimate of drug-likeness (QED) is 0.479. The maximum absolute atomic E-state index is 12.8. The molecule has 170 valence electrons. The molecule has 3 aromatic rings. The molecule has 1 amide bonds. The lowest BCUT2D eigenvalue weighted by atomic mass is 9.92. The lowest BCUT2D eigenvalue weighted by Crippen LogP contribution is -2.37. The van der Waals surface area contributed by atoms with Crippen molar-refractivity contribution in [3.63, 3.8) is 0 Å². The van der Waals surface area contributed by atoms with E-state index in [0.29, 0.717) is 25.1 Å². The number of fused-ring (bicyclic) bond motifs is 1. The number of benzene rings is 3. The first-order valence-corrected chi connectivity index (χ1v) is 12.0. The molecule has 0 fully saturated rings. The number of ether oxygens (including phenoxy) is 1. The number of nitrogens with zero attached hydrogens (tertiary/aromatic N) is 1. The molecular weight excluding hydrogens is 434 g/mol. The van der Waals surface area contributed by atoms with E-state index in [-0.39, 0.29) is 10.7 Å². The Balaban J connectivity index is 1.55. The fourth-order valence-corrected chi connectivity index (χ4v) is 5.55. The summed E-state index contributed by atoms with van der Waals surface area (Å²) >= 11 is 1.82. The molecule has 0 unspecified atom stereocenters. The van der Waals surface area contributed by atoms with Crippen molar-refractivity contribution in [2.45, 2.75) is 24.5 Å². The molecule has 0 bridgehead atoms. The summed E-state index contributed by atoms with van der Waals surface area (Å²) < 4.78 is 5.23. The number of amides is 1. The van der Waals surface area contributed by atoms with E-state index in [4.69, 9.17) is 9.84 Å². The first-order valence-electron chi connectivity index (χ1n) is 11.0. The van der Waals surface area contributed by atoms with Gasteiger partial charge in [0.2, 0.25) is 5.91 Å². The maximum Gasteiger partial charge on any atom is 0.341 e. The minimum atomic E-state index is -1.02. The highest BCUT2D eigenvalue weighted by molar-refractivity contribution is 8.00. The number of carbonyl (C=O) groups excluding carboxylic acids is 1. The first-order chi connectivity index (χ1) is 16.0. The number of rotatable bonds is 9. The molecule has 1 heterocycles. The van der Waals surface area contributed by atoms with Gasteiger partial charge < -0.3 is 14.7 Å². The average Bonchev–Trinajstić information content (AvgIpc) is 2.85. The van der Waals surface area contributed by atoms with Crippen LogP contribution in [0, 0.1) is 0 Å². The molecule has 0 saturated heterocycles. The summed E-state index contributed by atoms with van der Waals surface area (Å²) in [4.78, 5) is 25.6. The number of anilines is 1. The van der Waals surface area contributed by atoms with E-state index in [0.717, 1.165) is 17.0 Å².